The molecule has 0 aromatic heterocycles. The normalized spacial score (nSPS) is 13.9. The first-order valence-corrected chi connectivity index (χ1v) is 27.6. The van der Waals surface area contributed by atoms with Gasteiger partial charge in [-0.25, -0.2) is 0 Å². The number of allylic oxidation sites excluding steroid dienone is 2. The number of carbonyl (C=O) groups excluding carboxylic acids is 1. The van der Waals surface area contributed by atoms with Crippen LogP contribution in [0.1, 0.15) is 303 Å². The van der Waals surface area contributed by atoms with E-state index in [1.807, 2.05) is 0 Å². The lowest BCUT2D eigenvalue weighted by Gasteiger charge is -2.27. The zero-order valence-corrected chi connectivity index (χ0v) is 41.2. The van der Waals surface area contributed by atoms with E-state index >= 15 is 0 Å². The van der Waals surface area contributed by atoms with Crippen molar-refractivity contribution in [2.24, 2.45) is 0 Å². The summed E-state index contributed by atoms with van der Waals surface area (Å²) in [4.78, 5) is 12.5. The highest BCUT2D eigenvalue weighted by Crippen LogP contribution is 2.18. The molecule has 0 aliphatic carbocycles. The van der Waals surface area contributed by atoms with Crippen LogP contribution in [0.25, 0.3) is 0 Å². The van der Waals surface area contributed by atoms with Crippen LogP contribution in [0.15, 0.2) is 12.2 Å². The van der Waals surface area contributed by atoms with Crippen LogP contribution in [0.4, 0.5) is 0 Å². The molecular formula is C55H109NO5. The standard InChI is InChI=1S/C55H109NO5/c1-3-5-7-9-11-12-13-14-15-16-17-18-19-20-21-22-23-24-25-26-27-28-29-30-31-32-33-34-35-36-37-38-39-40-41-43-45-47-49-53(59)55(61)56-51(50-57)54(60)52(58)48-46-44-42-10-8-6-4-2/h26-27,51-54,57-60H,3-25,28-50H2,1-2H3,(H,56,61)/b27-26-. The number of aliphatic hydroxyl groups excluding tert-OH is 4. The lowest BCUT2D eigenvalue weighted by Crippen LogP contribution is -2.53. The third-order valence-electron chi connectivity index (χ3n) is 13.2. The number of amides is 1. The van der Waals surface area contributed by atoms with E-state index in [0.29, 0.717) is 12.8 Å². The molecule has 1 amide bonds. The topological polar surface area (TPSA) is 110 Å². The van der Waals surface area contributed by atoms with Gasteiger partial charge in [0.1, 0.15) is 12.2 Å². The summed E-state index contributed by atoms with van der Waals surface area (Å²) in [5.74, 6) is -0.583. The summed E-state index contributed by atoms with van der Waals surface area (Å²) >= 11 is 0. The SMILES string of the molecule is CCCCCCCCCCCCCCCCCCCC/C=C\CCCCCCCCCCCCCCCCCCC(O)C(=O)NC(CO)C(O)C(O)CCCCCCCCC. The quantitative estimate of drug-likeness (QED) is 0.0309. The Morgan fingerprint density at radius 2 is 0.656 bits per heavy atom. The van der Waals surface area contributed by atoms with Crippen LogP contribution in [0.3, 0.4) is 0 Å². The maximum absolute atomic E-state index is 12.5. The number of hydrogen-bond donors (Lipinski definition) is 5. The van der Waals surface area contributed by atoms with Crippen molar-refractivity contribution in [2.75, 3.05) is 6.61 Å². The van der Waals surface area contributed by atoms with E-state index in [2.05, 4.69) is 31.3 Å². The predicted octanol–water partition coefficient (Wildman–Crippen LogP) is 15.7. The maximum Gasteiger partial charge on any atom is 0.249 e. The second-order valence-electron chi connectivity index (χ2n) is 19.3. The molecule has 0 aromatic rings. The Hall–Kier alpha value is -0.950. The molecule has 0 heterocycles. The second-order valence-corrected chi connectivity index (χ2v) is 19.3. The Bertz CT molecular complexity index is 882. The van der Waals surface area contributed by atoms with Crippen LogP contribution in [0, 0.1) is 0 Å². The first-order chi connectivity index (χ1) is 30.0. The fourth-order valence-corrected chi connectivity index (χ4v) is 8.87. The van der Waals surface area contributed by atoms with Gasteiger partial charge in [-0.15, -0.1) is 0 Å². The Kier molecular flexibility index (Phi) is 49.3. The molecule has 0 saturated heterocycles. The second kappa shape index (κ2) is 50.1. The molecule has 0 aliphatic rings. The lowest BCUT2D eigenvalue weighted by molar-refractivity contribution is -0.132. The molecule has 61 heavy (non-hydrogen) atoms. The number of nitrogens with one attached hydrogen (secondary N) is 1. The van der Waals surface area contributed by atoms with Crippen LogP contribution >= 0.6 is 0 Å². The maximum atomic E-state index is 12.5. The molecule has 0 aliphatic heterocycles. The van der Waals surface area contributed by atoms with Gasteiger partial charge in [-0.05, 0) is 38.5 Å². The average molecular weight is 864 g/mol. The molecule has 0 saturated carbocycles. The largest absolute Gasteiger partial charge is 0.394 e. The van der Waals surface area contributed by atoms with Crippen LogP contribution < -0.4 is 5.32 Å². The Morgan fingerprint density at radius 3 is 0.951 bits per heavy atom. The van der Waals surface area contributed by atoms with Crippen molar-refractivity contribution in [3.63, 3.8) is 0 Å². The molecular weight excluding hydrogens is 755 g/mol. The third-order valence-corrected chi connectivity index (χ3v) is 13.2. The van der Waals surface area contributed by atoms with E-state index in [1.165, 1.54) is 238 Å². The van der Waals surface area contributed by atoms with Gasteiger partial charge in [0, 0.05) is 0 Å². The summed E-state index contributed by atoms with van der Waals surface area (Å²) in [5, 5.41) is 43.5. The van der Waals surface area contributed by atoms with E-state index in [0.717, 1.165) is 38.5 Å². The van der Waals surface area contributed by atoms with Gasteiger partial charge in [-0.2, -0.15) is 0 Å². The number of aliphatic hydroxyl groups is 4. The van der Waals surface area contributed by atoms with Gasteiger partial charge in [0.25, 0.3) is 0 Å². The van der Waals surface area contributed by atoms with E-state index in [4.69, 9.17) is 0 Å². The summed E-state index contributed by atoms with van der Waals surface area (Å²) in [6, 6.07) is -0.979. The van der Waals surface area contributed by atoms with Gasteiger partial charge >= 0.3 is 0 Å². The minimum atomic E-state index is -1.25. The van der Waals surface area contributed by atoms with Crippen molar-refractivity contribution in [1.82, 2.24) is 5.32 Å². The number of rotatable bonds is 51. The van der Waals surface area contributed by atoms with Crippen LogP contribution in [-0.2, 0) is 4.79 Å². The van der Waals surface area contributed by atoms with Gasteiger partial charge < -0.3 is 25.7 Å². The highest BCUT2D eigenvalue weighted by atomic mass is 16.3. The number of hydrogen-bond acceptors (Lipinski definition) is 5. The Labute approximate surface area is 381 Å². The van der Waals surface area contributed by atoms with Gasteiger partial charge in [0.15, 0.2) is 0 Å². The van der Waals surface area contributed by atoms with Crippen molar-refractivity contribution in [2.45, 2.75) is 327 Å². The molecule has 5 N–H and O–H groups in total. The monoisotopic (exact) mass is 864 g/mol. The van der Waals surface area contributed by atoms with Crippen molar-refractivity contribution in [1.29, 1.82) is 0 Å². The van der Waals surface area contributed by atoms with Gasteiger partial charge in [-0.1, -0.05) is 276 Å². The Morgan fingerprint density at radius 1 is 0.393 bits per heavy atom. The van der Waals surface area contributed by atoms with Crippen molar-refractivity contribution in [3.05, 3.63) is 12.2 Å². The van der Waals surface area contributed by atoms with E-state index in [9.17, 15) is 25.2 Å². The minimum absolute atomic E-state index is 0.373. The zero-order chi connectivity index (χ0) is 44.5. The molecule has 4 atom stereocenters. The van der Waals surface area contributed by atoms with Crippen LogP contribution in [0.2, 0.25) is 0 Å². The summed E-state index contributed by atoms with van der Waals surface area (Å²) < 4.78 is 0. The van der Waals surface area contributed by atoms with Crippen molar-refractivity contribution >= 4 is 5.91 Å². The smallest absolute Gasteiger partial charge is 0.249 e. The van der Waals surface area contributed by atoms with E-state index in [-0.39, 0.29) is 0 Å². The fraction of sp³-hybridized carbons (Fsp3) is 0.945. The summed E-state index contributed by atoms with van der Waals surface area (Å²) in [6.07, 6.45) is 59.1. The molecule has 364 valence electrons. The molecule has 0 spiro atoms. The van der Waals surface area contributed by atoms with Gasteiger partial charge in [0.05, 0.1) is 18.8 Å². The van der Waals surface area contributed by atoms with Crippen LogP contribution in [-0.4, -0.2) is 57.3 Å². The molecule has 0 radical (unpaired) electrons. The first-order valence-electron chi connectivity index (χ1n) is 27.6. The van der Waals surface area contributed by atoms with Crippen molar-refractivity contribution in [3.8, 4) is 0 Å². The molecule has 4 unspecified atom stereocenters. The minimum Gasteiger partial charge on any atom is -0.394 e. The fourth-order valence-electron chi connectivity index (χ4n) is 8.87. The molecule has 0 bridgehead atoms. The molecule has 0 rings (SSSR count). The zero-order valence-electron chi connectivity index (χ0n) is 41.2. The first kappa shape index (κ1) is 60.1. The lowest BCUT2D eigenvalue weighted by atomic mass is 9.99. The van der Waals surface area contributed by atoms with Gasteiger partial charge in [-0.3, -0.25) is 4.79 Å². The number of unbranched alkanes of at least 4 members (excludes halogenated alkanes) is 40. The van der Waals surface area contributed by atoms with Crippen molar-refractivity contribution < 1.29 is 25.2 Å². The number of carbonyl (C=O) groups is 1. The summed E-state index contributed by atoms with van der Waals surface area (Å²) in [7, 11) is 0. The molecule has 6 nitrogen and oxygen atoms in total. The van der Waals surface area contributed by atoms with Gasteiger partial charge in [0.2, 0.25) is 5.91 Å². The molecule has 0 aromatic carbocycles. The van der Waals surface area contributed by atoms with E-state index in [1.54, 1.807) is 0 Å². The molecule has 0 fully saturated rings. The Balaban J connectivity index is 3.43. The highest BCUT2D eigenvalue weighted by Gasteiger charge is 2.28. The highest BCUT2D eigenvalue weighted by molar-refractivity contribution is 5.80. The molecule has 6 heteroatoms. The average Bonchev–Trinajstić information content (AvgIpc) is 3.26. The predicted molar refractivity (Wildman–Crippen MR) is 265 cm³/mol. The third kappa shape index (κ3) is 44.1. The van der Waals surface area contributed by atoms with Crippen LogP contribution in [0.5, 0.6) is 0 Å². The summed E-state index contributed by atoms with van der Waals surface area (Å²) in [5.41, 5.74) is 0. The summed E-state index contributed by atoms with van der Waals surface area (Å²) in [6.45, 7) is 4.01. The van der Waals surface area contributed by atoms with E-state index < -0.39 is 36.9 Å².